The van der Waals surface area contributed by atoms with E-state index in [2.05, 4.69) is 47.5 Å². The third-order valence-corrected chi connectivity index (χ3v) is 12.4. The summed E-state index contributed by atoms with van der Waals surface area (Å²) >= 11 is 0. The fraction of sp³-hybridized carbons (Fsp3) is 0.766. The van der Waals surface area contributed by atoms with Crippen molar-refractivity contribution in [1.29, 1.82) is 0 Å². The highest BCUT2D eigenvalue weighted by molar-refractivity contribution is 5.98. The number of nitrogens with two attached hydrogens (primary N) is 2. The number of likely N-dealkylation sites (N-methyl/N-ethyl adjacent to an activating group) is 1. The van der Waals surface area contributed by atoms with Crippen molar-refractivity contribution in [2.75, 3.05) is 39.8 Å². The molecule has 0 bridgehead atoms. The number of nitrogens with one attached hydrogen (secondary N) is 8. The Bertz CT molecular complexity index is 1840. The van der Waals surface area contributed by atoms with Crippen molar-refractivity contribution in [1.82, 2.24) is 52.3 Å². The Morgan fingerprint density at radius 2 is 1.21 bits per heavy atom. The lowest BCUT2D eigenvalue weighted by atomic mass is 9.95. The van der Waals surface area contributed by atoms with Crippen LogP contribution in [0.3, 0.4) is 0 Å². The van der Waals surface area contributed by atoms with Crippen LogP contribution in [0.5, 0.6) is 0 Å². The number of rotatable bonds is 31. The molecule has 1 heterocycles. The molecule has 404 valence electrons. The molecule has 10 amide bonds. The molecule has 0 saturated carbocycles. The number of amides is 10. The first kappa shape index (κ1) is 62.9. The molecule has 0 radical (unpaired) electrons. The summed E-state index contributed by atoms with van der Waals surface area (Å²) in [5.41, 5.74) is 11.0. The average Bonchev–Trinajstić information content (AvgIpc) is 3.81. The number of aliphatic imine (C=N–C) groups is 1. The predicted octanol–water partition coefficient (Wildman–Crippen LogP) is -2.01. The van der Waals surface area contributed by atoms with Crippen molar-refractivity contribution in [3.8, 4) is 0 Å². The van der Waals surface area contributed by atoms with E-state index in [1.54, 1.807) is 41.5 Å². The first-order valence-corrected chi connectivity index (χ1v) is 25.0. The van der Waals surface area contributed by atoms with Crippen LogP contribution in [0, 0.1) is 17.8 Å². The van der Waals surface area contributed by atoms with Crippen LogP contribution in [-0.4, -0.2) is 168 Å². The number of carbonyl (C=O) groups is 10. The van der Waals surface area contributed by atoms with Crippen molar-refractivity contribution in [3.05, 3.63) is 0 Å². The maximum absolute atomic E-state index is 14.2. The molecule has 0 unspecified atom stereocenters. The van der Waals surface area contributed by atoms with Crippen LogP contribution in [0.25, 0.3) is 0 Å². The predicted molar refractivity (Wildman–Crippen MR) is 266 cm³/mol. The van der Waals surface area contributed by atoms with Gasteiger partial charge in [0.05, 0.1) is 19.2 Å². The summed E-state index contributed by atoms with van der Waals surface area (Å²) in [5, 5.41) is 32.0. The van der Waals surface area contributed by atoms with E-state index in [-0.39, 0.29) is 43.7 Å². The Morgan fingerprint density at radius 3 is 1.73 bits per heavy atom. The standard InChI is InChI=1S/C47H85N13O11/c1-12-18-31(40(65)56-37(27(7)14-3)43(68)54-32(19-16-22-51-47(48)49)46(71)60-23-17-20-33(60)41(66)50-21-13-2)53-45(70)39(29(9)61)58-44(69)38(28(8)15-4)57-42(67)36(26(5)6)55-34(63)24-52-35(64)25-59(11)30(10)62/h26-29,31-33,36-39,61H,12-25H2,1-11H3,(H,50,66)(H,52,64)(H,53,70)(H,54,68)(H,55,63)(H,56,65)(H,57,67)(H,58,69)(H4,48,49,51)/t27-,28-,29+,31-,32-,33-,36-,37-,38+,39-/m0/s1. The lowest BCUT2D eigenvalue weighted by molar-refractivity contribution is -0.142. The maximum Gasteiger partial charge on any atom is 0.245 e. The van der Waals surface area contributed by atoms with E-state index >= 15 is 0 Å². The van der Waals surface area contributed by atoms with E-state index in [1.807, 2.05) is 13.8 Å². The zero-order valence-corrected chi connectivity index (χ0v) is 43.8. The highest BCUT2D eigenvalue weighted by Gasteiger charge is 2.40. The molecule has 1 saturated heterocycles. The number of hydrogen-bond acceptors (Lipinski definition) is 12. The Balaban J connectivity index is 3.31. The molecule has 10 atom stereocenters. The SMILES string of the molecule is CCCNC(=O)[C@@H]1CCCN1C(=O)[C@H](CCCN=C(N)N)NC(=O)[C@@H](NC(=O)[C@H](CCC)NC(=O)[C@@H](NC(=O)[C@H](NC(=O)[C@@H](NC(=O)CNC(=O)CN(C)C(C)=O)C(C)C)[C@@H](C)CC)[C@@H](C)O)[C@@H](C)CC. The van der Waals surface area contributed by atoms with Gasteiger partial charge in [-0.3, -0.25) is 52.9 Å². The number of aliphatic hydroxyl groups is 1. The lowest BCUT2D eigenvalue weighted by Gasteiger charge is -2.32. The molecule has 13 N–H and O–H groups in total. The summed E-state index contributed by atoms with van der Waals surface area (Å²) in [7, 11) is 1.42. The highest BCUT2D eigenvalue weighted by Crippen LogP contribution is 2.21. The highest BCUT2D eigenvalue weighted by atomic mass is 16.3. The number of carbonyl (C=O) groups excluding carboxylic acids is 10. The second-order valence-electron chi connectivity index (χ2n) is 18.8. The number of aliphatic hydroxyl groups excluding tert-OH is 1. The van der Waals surface area contributed by atoms with Crippen LogP contribution in [0.2, 0.25) is 0 Å². The topological polar surface area (TPSA) is 358 Å². The van der Waals surface area contributed by atoms with Gasteiger partial charge in [0, 0.05) is 33.6 Å². The van der Waals surface area contributed by atoms with E-state index in [0.717, 1.165) is 4.90 Å². The molecule has 1 rings (SSSR count). The van der Waals surface area contributed by atoms with Crippen molar-refractivity contribution in [2.24, 2.45) is 34.2 Å². The van der Waals surface area contributed by atoms with Crippen LogP contribution in [0.1, 0.15) is 127 Å². The molecule has 0 aromatic rings. The smallest absolute Gasteiger partial charge is 0.245 e. The molecule has 24 nitrogen and oxygen atoms in total. The van der Waals surface area contributed by atoms with Gasteiger partial charge in [-0.25, -0.2) is 0 Å². The van der Waals surface area contributed by atoms with Crippen LogP contribution in [-0.2, 0) is 47.9 Å². The largest absolute Gasteiger partial charge is 0.391 e. The first-order valence-electron chi connectivity index (χ1n) is 25.0. The molecule has 0 aliphatic carbocycles. The van der Waals surface area contributed by atoms with Gasteiger partial charge in [-0.05, 0) is 63.2 Å². The molecule has 24 heteroatoms. The number of guanidine groups is 1. The van der Waals surface area contributed by atoms with E-state index in [0.29, 0.717) is 58.0 Å². The quantitative estimate of drug-likeness (QED) is 0.0204. The van der Waals surface area contributed by atoms with Gasteiger partial charge in [0.25, 0.3) is 0 Å². The van der Waals surface area contributed by atoms with Gasteiger partial charge in [-0.15, -0.1) is 0 Å². The van der Waals surface area contributed by atoms with Crippen molar-refractivity contribution >= 4 is 65.0 Å². The van der Waals surface area contributed by atoms with Gasteiger partial charge in [-0.2, -0.15) is 0 Å². The molecule has 0 spiro atoms. The fourth-order valence-corrected chi connectivity index (χ4v) is 7.58. The van der Waals surface area contributed by atoms with Gasteiger partial charge in [-0.1, -0.05) is 74.7 Å². The van der Waals surface area contributed by atoms with Crippen LogP contribution >= 0.6 is 0 Å². The van der Waals surface area contributed by atoms with Gasteiger partial charge < -0.3 is 68.9 Å². The number of hydrogen-bond donors (Lipinski definition) is 11. The molecule has 0 aromatic carbocycles. The van der Waals surface area contributed by atoms with Gasteiger partial charge in [0.1, 0.15) is 42.3 Å². The summed E-state index contributed by atoms with van der Waals surface area (Å²) in [6.45, 7) is 16.7. The summed E-state index contributed by atoms with van der Waals surface area (Å²) in [5.74, 6) is -7.93. The third-order valence-electron chi connectivity index (χ3n) is 12.4. The Morgan fingerprint density at radius 1 is 0.676 bits per heavy atom. The zero-order chi connectivity index (χ0) is 54.1. The molecular formula is C47H85N13O11. The number of likely N-dealkylation sites (tertiary alicyclic amines) is 1. The van der Waals surface area contributed by atoms with Gasteiger partial charge >= 0.3 is 0 Å². The average molecular weight is 1010 g/mol. The Labute approximate surface area is 418 Å². The van der Waals surface area contributed by atoms with Crippen molar-refractivity contribution in [2.45, 2.75) is 175 Å². The number of nitrogens with zero attached hydrogens (tertiary/aromatic N) is 3. The first-order chi connectivity index (χ1) is 33.3. The van der Waals surface area contributed by atoms with Crippen LogP contribution < -0.4 is 54.0 Å². The molecule has 0 aromatic heterocycles. The minimum Gasteiger partial charge on any atom is -0.391 e. The van der Waals surface area contributed by atoms with Crippen molar-refractivity contribution in [3.63, 3.8) is 0 Å². The van der Waals surface area contributed by atoms with Crippen molar-refractivity contribution < 1.29 is 53.1 Å². The summed E-state index contributed by atoms with van der Waals surface area (Å²) in [6.07, 6.45) is 1.94. The molecular weight excluding hydrogens is 923 g/mol. The molecule has 1 aliphatic rings. The van der Waals surface area contributed by atoms with Gasteiger partial charge in [0.2, 0.25) is 59.1 Å². The van der Waals surface area contributed by atoms with E-state index in [1.165, 1.54) is 25.8 Å². The zero-order valence-electron chi connectivity index (χ0n) is 43.8. The molecule has 1 fully saturated rings. The van der Waals surface area contributed by atoms with Crippen LogP contribution in [0.4, 0.5) is 0 Å². The normalized spacial score (nSPS) is 17.0. The fourth-order valence-electron chi connectivity index (χ4n) is 7.58. The van der Waals surface area contributed by atoms with Gasteiger partial charge in [0.15, 0.2) is 5.96 Å². The monoisotopic (exact) mass is 1010 g/mol. The Hall–Kier alpha value is -6.07. The minimum absolute atomic E-state index is 0.0856. The molecule has 71 heavy (non-hydrogen) atoms. The summed E-state index contributed by atoms with van der Waals surface area (Å²) < 4.78 is 0. The third kappa shape index (κ3) is 21.4. The maximum atomic E-state index is 14.2. The second kappa shape index (κ2) is 32.0. The van der Waals surface area contributed by atoms with Crippen LogP contribution in [0.15, 0.2) is 4.99 Å². The second-order valence-corrected chi connectivity index (χ2v) is 18.8. The van der Waals surface area contributed by atoms with E-state index < -0.39 is 120 Å². The Kier molecular flexibility index (Phi) is 28.4. The summed E-state index contributed by atoms with van der Waals surface area (Å²) in [6, 6.07) is -8.31. The summed E-state index contributed by atoms with van der Waals surface area (Å²) in [4.78, 5) is 140. The van der Waals surface area contributed by atoms with E-state index in [4.69, 9.17) is 11.5 Å². The van der Waals surface area contributed by atoms with E-state index in [9.17, 15) is 53.1 Å². The molecule has 1 aliphatic heterocycles. The minimum atomic E-state index is -1.62. The lowest BCUT2D eigenvalue weighted by Crippen LogP contribution is -2.63.